The smallest absolute Gasteiger partial charge is 0.335 e. The summed E-state index contributed by atoms with van der Waals surface area (Å²) in [6.07, 6.45) is 0. The third-order valence-corrected chi connectivity index (χ3v) is 5.63. The summed E-state index contributed by atoms with van der Waals surface area (Å²) in [7, 11) is 0. The Bertz CT molecular complexity index is 567. The van der Waals surface area contributed by atoms with Crippen LogP contribution in [0.2, 0.25) is 0 Å². The largest absolute Gasteiger partial charge is 0.478 e. The Morgan fingerprint density at radius 1 is 1.43 bits per heavy atom. The van der Waals surface area contributed by atoms with Crippen molar-refractivity contribution in [2.24, 2.45) is 0 Å². The second-order valence-corrected chi connectivity index (χ2v) is 7.28. The molecule has 21 heavy (non-hydrogen) atoms. The zero-order valence-corrected chi connectivity index (χ0v) is 14.2. The fourth-order valence-electron chi connectivity index (χ4n) is 2.16. The van der Waals surface area contributed by atoms with Crippen molar-refractivity contribution in [3.8, 4) is 0 Å². The summed E-state index contributed by atoms with van der Waals surface area (Å²) in [5.41, 5.74) is 0.613. The number of nitrogens with one attached hydrogen (secondary N) is 1. The number of urea groups is 1. The fraction of sp³-hybridized carbons (Fsp3) is 0.429. The van der Waals surface area contributed by atoms with Crippen LogP contribution in [-0.4, -0.2) is 45.6 Å². The number of amides is 2. The fourth-order valence-corrected chi connectivity index (χ4v) is 3.61. The third kappa shape index (κ3) is 3.71. The van der Waals surface area contributed by atoms with Gasteiger partial charge in [-0.3, -0.25) is 0 Å². The lowest BCUT2D eigenvalue weighted by Crippen LogP contribution is -2.49. The van der Waals surface area contributed by atoms with Crippen molar-refractivity contribution in [3.63, 3.8) is 0 Å². The number of carboxylic acid groups (broad SMARTS) is 1. The lowest BCUT2D eigenvalue weighted by molar-refractivity contribution is 0.0697. The summed E-state index contributed by atoms with van der Waals surface area (Å²) in [6.45, 7) is 4.83. The number of halogens is 1. The number of anilines is 1. The van der Waals surface area contributed by atoms with Gasteiger partial charge in [-0.15, -0.1) is 0 Å². The molecule has 1 aliphatic rings. The number of nitrogens with zero attached hydrogens (tertiary/aromatic N) is 1. The van der Waals surface area contributed by atoms with Crippen LogP contribution in [0.1, 0.15) is 24.2 Å². The molecule has 2 N–H and O–H groups in total. The standard InChI is InChI=1S/C14H17BrN2O3S/c1-8-9(2)21-6-5-17(8)14(20)16-12-7-10(13(18)19)3-4-11(12)15/h3-4,7-9H,5-6H2,1-2H3,(H,16,20)(H,18,19). The second kappa shape index (κ2) is 6.70. The van der Waals surface area contributed by atoms with Gasteiger partial charge < -0.3 is 15.3 Å². The van der Waals surface area contributed by atoms with Crippen molar-refractivity contribution in [2.75, 3.05) is 17.6 Å². The minimum Gasteiger partial charge on any atom is -0.478 e. The maximum atomic E-state index is 12.4. The van der Waals surface area contributed by atoms with Gasteiger partial charge in [0.25, 0.3) is 0 Å². The number of benzene rings is 1. The molecule has 2 atom stereocenters. The van der Waals surface area contributed by atoms with Crippen LogP contribution in [-0.2, 0) is 0 Å². The number of thioether (sulfide) groups is 1. The molecule has 0 spiro atoms. The molecule has 7 heteroatoms. The van der Waals surface area contributed by atoms with Gasteiger partial charge in [0.2, 0.25) is 0 Å². The highest BCUT2D eigenvalue weighted by Gasteiger charge is 2.29. The van der Waals surface area contributed by atoms with Gasteiger partial charge in [-0.1, -0.05) is 6.92 Å². The first-order valence-electron chi connectivity index (χ1n) is 6.62. The van der Waals surface area contributed by atoms with Crippen LogP contribution in [0, 0.1) is 0 Å². The van der Waals surface area contributed by atoms with Gasteiger partial charge >= 0.3 is 12.0 Å². The average Bonchev–Trinajstić information content (AvgIpc) is 2.43. The molecule has 0 aromatic heterocycles. The number of rotatable bonds is 2. The summed E-state index contributed by atoms with van der Waals surface area (Å²) < 4.78 is 0.660. The van der Waals surface area contributed by atoms with E-state index in [1.165, 1.54) is 12.1 Å². The van der Waals surface area contributed by atoms with E-state index in [1.807, 2.05) is 18.7 Å². The third-order valence-electron chi connectivity index (χ3n) is 3.60. The number of carbonyl (C=O) groups excluding carboxylic acids is 1. The summed E-state index contributed by atoms with van der Waals surface area (Å²) in [6, 6.07) is 4.52. The normalized spacial score (nSPS) is 22.0. The molecular weight excluding hydrogens is 356 g/mol. The highest BCUT2D eigenvalue weighted by atomic mass is 79.9. The Balaban J connectivity index is 2.15. The predicted molar refractivity (Wildman–Crippen MR) is 88.2 cm³/mol. The molecule has 1 heterocycles. The van der Waals surface area contributed by atoms with E-state index in [-0.39, 0.29) is 17.6 Å². The molecule has 5 nitrogen and oxygen atoms in total. The molecular formula is C14H17BrN2O3S. The molecule has 114 valence electrons. The van der Waals surface area contributed by atoms with E-state index in [1.54, 1.807) is 11.0 Å². The van der Waals surface area contributed by atoms with Crippen LogP contribution in [0.4, 0.5) is 10.5 Å². The first kappa shape index (κ1) is 16.2. The van der Waals surface area contributed by atoms with Crippen LogP contribution in [0.3, 0.4) is 0 Å². The quantitative estimate of drug-likeness (QED) is 0.833. The molecule has 1 aromatic rings. The van der Waals surface area contributed by atoms with E-state index >= 15 is 0 Å². The molecule has 2 unspecified atom stereocenters. The van der Waals surface area contributed by atoms with Gasteiger partial charge in [0.05, 0.1) is 11.3 Å². The van der Waals surface area contributed by atoms with Crippen molar-refractivity contribution < 1.29 is 14.7 Å². The Kier molecular flexibility index (Phi) is 5.16. The highest BCUT2D eigenvalue weighted by molar-refractivity contribution is 9.10. The van der Waals surface area contributed by atoms with E-state index in [2.05, 4.69) is 28.2 Å². The molecule has 0 saturated carbocycles. The number of hydrogen-bond donors (Lipinski definition) is 2. The highest BCUT2D eigenvalue weighted by Crippen LogP contribution is 2.27. The lowest BCUT2D eigenvalue weighted by atomic mass is 10.2. The number of hydrogen-bond acceptors (Lipinski definition) is 3. The van der Waals surface area contributed by atoms with E-state index in [0.29, 0.717) is 22.0 Å². The molecule has 1 fully saturated rings. The van der Waals surface area contributed by atoms with Crippen molar-refractivity contribution in [1.82, 2.24) is 4.90 Å². The minimum absolute atomic E-state index is 0.143. The zero-order valence-electron chi connectivity index (χ0n) is 11.8. The van der Waals surface area contributed by atoms with Crippen LogP contribution < -0.4 is 5.32 Å². The molecule has 2 rings (SSSR count). The van der Waals surface area contributed by atoms with Crippen molar-refractivity contribution in [3.05, 3.63) is 28.2 Å². The van der Waals surface area contributed by atoms with Gasteiger partial charge in [-0.05, 0) is 41.1 Å². The minimum atomic E-state index is -1.02. The Hall–Kier alpha value is -1.21. The summed E-state index contributed by atoms with van der Waals surface area (Å²) in [5.74, 6) is -0.107. The molecule has 1 saturated heterocycles. The average molecular weight is 373 g/mol. The van der Waals surface area contributed by atoms with Crippen molar-refractivity contribution in [2.45, 2.75) is 25.1 Å². The molecule has 1 aliphatic heterocycles. The van der Waals surface area contributed by atoms with E-state index in [4.69, 9.17) is 5.11 Å². The molecule has 2 amide bonds. The number of aromatic carboxylic acids is 1. The summed E-state index contributed by atoms with van der Waals surface area (Å²) >= 11 is 5.18. The molecule has 1 aromatic carbocycles. The molecule has 0 aliphatic carbocycles. The van der Waals surface area contributed by atoms with E-state index in [0.717, 1.165) is 5.75 Å². The van der Waals surface area contributed by atoms with Crippen molar-refractivity contribution >= 4 is 45.4 Å². The van der Waals surface area contributed by atoms with Crippen LogP contribution in [0.5, 0.6) is 0 Å². The van der Waals surface area contributed by atoms with Crippen LogP contribution in [0.15, 0.2) is 22.7 Å². The van der Waals surface area contributed by atoms with E-state index in [9.17, 15) is 9.59 Å². The predicted octanol–water partition coefficient (Wildman–Crippen LogP) is 3.51. The van der Waals surface area contributed by atoms with Gasteiger partial charge in [0, 0.05) is 28.1 Å². The lowest BCUT2D eigenvalue weighted by Gasteiger charge is -2.37. The summed E-state index contributed by atoms with van der Waals surface area (Å²) in [5, 5.41) is 12.2. The monoisotopic (exact) mass is 372 g/mol. The maximum absolute atomic E-state index is 12.4. The molecule has 0 radical (unpaired) electrons. The first-order chi connectivity index (χ1) is 9.90. The Labute approximate surface area is 136 Å². The van der Waals surface area contributed by atoms with E-state index < -0.39 is 5.97 Å². The molecule has 0 bridgehead atoms. The second-order valence-electron chi connectivity index (χ2n) is 4.94. The van der Waals surface area contributed by atoms with Gasteiger partial charge in [-0.25, -0.2) is 9.59 Å². The summed E-state index contributed by atoms with van der Waals surface area (Å²) in [4.78, 5) is 25.2. The number of carbonyl (C=O) groups is 2. The van der Waals surface area contributed by atoms with Gasteiger partial charge in [-0.2, -0.15) is 11.8 Å². The van der Waals surface area contributed by atoms with Crippen LogP contribution >= 0.6 is 27.7 Å². The Morgan fingerprint density at radius 3 is 2.81 bits per heavy atom. The Morgan fingerprint density at radius 2 is 2.14 bits per heavy atom. The van der Waals surface area contributed by atoms with Crippen molar-refractivity contribution in [1.29, 1.82) is 0 Å². The van der Waals surface area contributed by atoms with Gasteiger partial charge in [0.1, 0.15) is 0 Å². The van der Waals surface area contributed by atoms with Gasteiger partial charge in [0.15, 0.2) is 0 Å². The zero-order chi connectivity index (χ0) is 15.6. The van der Waals surface area contributed by atoms with Crippen LogP contribution in [0.25, 0.3) is 0 Å². The first-order valence-corrected chi connectivity index (χ1v) is 8.46. The number of carboxylic acids is 1. The maximum Gasteiger partial charge on any atom is 0.335 e. The topological polar surface area (TPSA) is 69.6 Å². The SMILES string of the molecule is CC1SCCN(C(=O)Nc2cc(C(=O)O)ccc2Br)C1C.